The Balaban J connectivity index is 1.32. The highest BCUT2D eigenvalue weighted by Crippen LogP contribution is 2.44. The molecule has 9 aromatic rings. The molecule has 4 nitrogen and oxygen atoms in total. The van der Waals surface area contributed by atoms with Crippen LogP contribution in [0.1, 0.15) is 73.4 Å². The number of imidazole rings is 1. The predicted octanol–water partition coefficient (Wildman–Crippen LogP) is 14.2. The van der Waals surface area contributed by atoms with E-state index in [9.17, 15) is 0 Å². The molecule has 0 radical (unpaired) electrons. The van der Waals surface area contributed by atoms with Crippen LogP contribution in [-0.2, 0) is 16.4 Å². The van der Waals surface area contributed by atoms with E-state index in [4.69, 9.17) is 9.97 Å². The van der Waals surface area contributed by atoms with Crippen LogP contribution in [0.2, 0.25) is 0 Å². The molecule has 0 atom stereocenters. The molecule has 0 amide bonds. The third-order valence-electron chi connectivity index (χ3n) is 11.4. The van der Waals surface area contributed by atoms with Gasteiger partial charge in [0.1, 0.15) is 5.82 Å². The molecule has 9 rings (SSSR count). The summed E-state index contributed by atoms with van der Waals surface area (Å²) >= 11 is 0. The van der Waals surface area contributed by atoms with Crippen molar-refractivity contribution < 1.29 is 0 Å². The zero-order chi connectivity index (χ0) is 39.1. The number of hydrogen-bond donors (Lipinski definition) is 1. The molecule has 0 aliphatic carbocycles. The average molecular weight is 731 g/mol. The van der Waals surface area contributed by atoms with Gasteiger partial charge in [0.15, 0.2) is 0 Å². The van der Waals surface area contributed by atoms with Gasteiger partial charge in [-0.3, -0.25) is 4.98 Å². The SMILES string of the molecule is CC(C)(C)c1ccc2[nH]c3c(-c4nc5c(-c6cc(-c7cc(-c8ccccc8)ccn7)cc7ccccc67)cccc5n4C(C)(C)C)cc(C(C)(C)C)cc3c2c1. The normalized spacial score (nSPS) is 12.7. The van der Waals surface area contributed by atoms with Gasteiger partial charge in [-0.1, -0.05) is 114 Å². The van der Waals surface area contributed by atoms with Crippen molar-refractivity contribution in [1.82, 2.24) is 19.5 Å². The van der Waals surface area contributed by atoms with Crippen molar-refractivity contribution in [3.8, 4) is 44.9 Å². The molecule has 56 heavy (non-hydrogen) atoms. The van der Waals surface area contributed by atoms with Crippen molar-refractivity contribution in [1.29, 1.82) is 0 Å². The highest BCUT2D eigenvalue weighted by molar-refractivity contribution is 6.13. The molecule has 3 aromatic heterocycles. The summed E-state index contributed by atoms with van der Waals surface area (Å²) < 4.78 is 2.45. The first-order valence-corrected chi connectivity index (χ1v) is 19.8. The number of benzene rings is 6. The predicted molar refractivity (Wildman–Crippen MR) is 239 cm³/mol. The van der Waals surface area contributed by atoms with Crippen molar-refractivity contribution in [2.45, 2.75) is 78.7 Å². The molecule has 1 N–H and O–H groups in total. The molecular weight excluding hydrogens is 681 g/mol. The largest absolute Gasteiger partial charge is 0.354 e. The second-order valence-electron chi connectivity index (χ2n) is 18.5. The summed E-state index contributed by atoms with van der Waals surface area (Å²) in [6, 6.07) is 46.5. The lowest BCUT2D eigenvalue weighted by molar-refractivity contribution is 0.413. The first-order valence-electron chi connectivity index (χ1n) is 19.8. The van der Waals surface area contributed by atoms with E-state index in [0.29, 0.717) is 0 Å². The summed E-state index contributed by atoms with van der Waals surface area (Å²) in [6.07, 6.45) is 1.92. The standard InChI is InChI=1S/C52H50N4/c1-50(2,3)36-22-23-44-41(29-36)42-30-37(51(4,5)6)31-43(47(42)54-44)49-55-48-39(20-15-21-46(48)56(49)52(7,8)9)40-27-35(26-34-18-13-14-19-38(34)40)45-28-33(24-25-53-45)32-16-11-10-12-17-32/h10-31,54H,1-9H3. The van der Waals surface area contributed by atoms with Crippen LogP contribution in [0.25, 0.3) is 88.5 Å². The smallest absolute Gasteiger partial charge is 0.143 e. The Morgan fingerprint density at radius 3 is 2.00 bits per heavy atom. The maximum atomic E-state index is 5.72. The van der Waals surface area contributed by atoms with Crippen LogP contribution >= 0.6 is 0 Å². The monoisotopic (exact) mass is 730 g/mol. The molecule has 6 aromatic carbocycles. The topological polar surface area (TPSA) is 46.5 Å². The summed E-state index contributed by atoms with van der Waals surface area (Å²) in [5, 5.41) is 4.86. The lowest BCUT2D eigenvalue weighted by Crippen LogP contribution is -2.23. The molecule has 0 bridgehead atoms. The second kappa shape index (κ2) is 12.8. The van der Waals surface area contributed by atoms with E-state index < -0.39 is 0 Å². The average Bonchev–Trinajstić information content (AvgIpc) is 3.76. The van der Waals surface area contributed by atoms with Crippen LogP contribution < -0.4 is 0 Å². The van der Waals surface area contributed by atoms with Gasteiger partial charge >= 0.3 is 0 Å². The van der Waals surface area contributed by atoms with Gasteiger partial charge in [0, 0.05) is 44.7 Å². The van der Waals surface area contributed by atoms with Crippen LogP contribution in [0.3, 0.4) is 0 Å². The van der Waals surface area contributed by atoms with Crippen molar-refractivity contribution in [2.24, 2.45) is 0 Å². The summed E-state index contributed by atoms with van der Waals surface area (Å²) in [4.78, 5) is 14.5. The summed E-state index contributed by atoms with van der Waals surface area (Å²) in [7, 11) is 0. The fourth-order valence-corrected chi connectivity index (χ4v) is 8.33. The van der Waals surface area contributed by atoms with Crippen LogP contribution in [-0.4, -0.2) is 19.5 Å². The van der Waals surface area contributed by atoms with Gasteiger partial charge in [-0.2, -0.15) is 0 Å². The number of H-pyrrole nitrogens is 1. The number of nitrogens with zero attached hydrogens (tertiary/aromatic N) is 3. The van der Waals surface area contributed by atoms with Crippen molar-refractivity contribution >= 4 is 43.6 Å². The van der Waals surface area contributed by atoms with E-state index in [0.717, 1.165) is 61.4 Å². The number of pyridine rings is 1. The Bertz CT molecular complexity index is 2960. The zero-order valence-corrected chi connectivity index (χ0v) is 34.0. The first-order chi connectivity index (χ1) is 26.6. The molecule has 0 unspecified atom stereocenters. The molecule has 4 heteroatoms. The summed E-state index contributed by atoms with van der Waals surface area (Å²) in [5.74, 6) is 0.969. The highest BCUT2D eigenvalue weighted by atomic mass is 15.1. The van der Waals surface area contributed by atoms with E-state index >= 15 is 0 Å². The van der Waals surface area contributed by atoms with E-state index in [1.165, 1.54) is 38.2 Å². The second-order valence-corrected chi connectivity index (χ2v) is 18.5. The third kappa shape index (κ3) is 6.09. The third-order valence-corrected chi connectivity index (χ3v) is 11.4. The Morgan fingerprint density at radius 2 is 1.25 bits per heavy atom. The summed E-state index contributed by atoms with van der Waals surface area (Å²) in [6.45, 7) is 20.6. The van der Waals surface area contributed by atoms with Crippen LogP contribution in [0.4, 0.5) is 0 Å². The van der Waals surface area contributed by atoms with E-state index in [1.807, 2.05) is 6.20 Å². The molecule has 0 fully saturated rings. The quantitative estimate of drug-likeness (QED) is 0.196. The van der Waals surface area contributed by atoms with Gasteiger partial charge in [0.2, 0.25) is 0 Å². The van der Waals surface area contributed by atoms with E-state index in [-0.39, 0.29) is 16.4 Å². The van der Waals surface area contributed by atoms with Crippen molar-refractivity contribution in [3.05, 3.63) is 145 Å². The maximum Gasteiger partial charge on any atom is 0.143 e. The maximum absolute atomic E-state index is 5.72. The molecule has 3 heterocycles. The minimum Gasteiger partial charge on any atom is -0.354 e. The lowest BCUT2D eigenvalue weighted by atomic mass is 9.84. The number of fused-ring (bicyclic) bond motifs is 5. The lowest BCUT2D eigenvalue weighted by Gasteiger charge is -2.26. The Hall–Kier alpha value is -6.00. The molecule has 278 valence electrons. The molecule has 0 aliphatic rings. The number of aromatic amines is 1. The fourth-order valence-electron chi connectivity index (χ4n) is 8.33. The minimum atomic E-state index is -0.260. The number of aromatic nitrogens is 4. The van der Waals surface area contributed by atoms with Crippen LogP contribution in [0.5, 0.6) is 0 Å². The Kier molecular flexibility index (Phi) is 8.14. The van der Waals surface area contributed by atoms with Gasteiger partial charge in [-0.05, 0) is 125 Å². The molecule has 0 saturated heterocycles. The minimum absolute atomic E-state index is 0.0428. The molecular formula is C52H50N4. The number of hydrogen-bond acceptors (Lipinski definition) is 2. The van der Waals surface area contributed by atoms with Crippen molar-refractivity contribution in [3.63, 3.8) is 0 Å². The van der Waals surface area contributed by atoms with E-state index in [2.05, 4.69) is 199 Å². The number of nitrogens with one attached hydrogen (secondary N) is 1. The van der Waals surface area contributed by atoms with Gasteiger partial charge in [0.25, 0.3) is 0 Å². The van der Waals surface area contributed by atoms with E-state index in [1.54, 1.807) is 0 Å². The van der Waals surface area contributed by atoms with Gasteiger partial charge in [-0.15, -0.1) is 0 Å². The Labute approximate surface area is 330 Å². The molecule has 0 aliphatic heterocycles. The fraction of sp³-hybridized carbons (Fsp3) is 0.231. The van der Waals surface area contributed by atoms with Gasteiger partial charge in [-0.25, -0.2) is 4.98 Å². The molecule has 0 spiro atoms. The van der Waals surface area contributed by atoms with Crippen LogP contribution in [0.15, 0.2) is 134 Å². The molecule has 0 saturated carbocycles. The first kappa shape index (κ1) is 35.7. The van der Waals surface area contributed by atoms with Gasteiger partial charge < -0.3 is 9.55 Å². The van der Waals surface area contributed by atoms with Crippen LogP contribution in [0, 0.1) is 0 Å². The zero-order valence-electron chi connectivity index (χ0n) is 34.0. The van der Waals surface area contributed by atoms with Crippen molar-refractivity contribution in [2.75, 3.05) is 0 Å². The highest BCUT2D eigenvalue weighted by Gasteiger charge is 2.28. The summed E-state index contributed by atoms with van der Waals surface area (Å²) in [5.41, 5.74) is 14.4. The number of para-hydroxylation sites is 1. The number of rotatable bonds is 4. The van der Waals surface area contributed by atoms with Gasteiger partial charge in [0.05, 0.1) is 22.2 Å². The Morgan fingerprint density at radius 1 is 0.518 bits per heavy atom.